The molecule has 7 rings (SSSR count). The van der Waals surface area contributed by atoms with Gasteiger partial charge in [-0.25, -0.2) is 0 Å². The van der Waals surface area contributed by atoms with E-state index in [1.54, 1.807) is 12.3 Å². The number of aromatic nitrogens is 1. The molecule has 1 amide bonds. The molecule has 1 spiro atoms. The van der Waals surface area contributed by atoms with Gasteiger partial charge in [0.05, 0.1) is 35.8 Å². The molecule has 5 aromatic rings. The number of hydrogen-bond acceptors (Lipinski definition) is 10. The number of furan rings is 1. The molecule has 0 bridgehead atoms. The number of H-pyrrole nitrogens is 1. The van der Waals surface area contributed by atoms with Crippen LogP contribution in [0, 0.1) is 0 Å². The molecule has 0 radical (unpaired) electrons. The predicted molar refractivity (Wildman–Crippen MR) is 179 cm³/mol. The first kappa shape index (κ1) is 31.4. The molecule has 2 aliphatic rings. The van der Waals surface area contributed by atoms with Crippen LogP contribution in [0.5, 0.6) is 11.5 Å². The molecule has 4 heterocycles. The molecule has 0 saturated carbocycles. The van der Waals surface area contributed by atoms with Crippen LogP contribution in [-0.4, -0.2) is 89.0 Å². The Bertz CT molecular complexity index is 1910. The summed E-state index contributed by atoms with van der Waals surface area (Å²) in [6.07, 6.45) is 2.56. The Kier molecular flexibility index (Phi) is 9.02. The van der Waals surface area contributed by atoms with Gasteiger partial charge in [-0.3, -0.25) is 14.5 Å². The molecule has 11 nitrogen and oxygen atoms in total. The summed E-state index contributed by atoms with van der Waals surface area (Å²) in [6.45, 7) is 5.77. The summed E-state index contributed by atoms with van der Waals surface area (Å²) >= 11 is 0.977. The van der Waals surface area contributed by atoms with Crippen molar-refractivity contribution in [2.24, 2.45) is 0 Å². The van der Waals surface area contributed by atoms with Crippen LogP contribution >= 0.6 is 11.3 Å². The van der Waals surface area contributed by atoms with Crippen LogP contribution in [0.2, 0.25) is 0 Å². The number of carbonyl (C=O) groups is 1. The summed E-state index contributed by atoms with van der Waals surface area (Å²) in [7, 11) is 0. The van der Waals surface area contributed by atoms with Gasteiger partial charge in [-0.05, 0) is 60.9 Å². The lowest BCUT2D eigenvalue weighted by Gasteiger charge is -2.47. The monoisotopic (exact) mass is 658 g/mol. The topological polar surface area (TPSA) is 140 Å². The summed E-state index contributed by atoms with van der Waals surface area (Å²) in [5.41, 5.74) is 3.17. The minimum Gasteiger partial charge on any atom is -0.506 e. The third-order valence-electron chi connectivity index (χ3n) is 9.22. The summed E-state index contributed by atoms with van der Waals surface area (Å²) in [6, 6.07) is 18.5. The van der Waals surface area contributed by atoms with Gasteiger partial charge in [0.1, 0.15) is 29.2 Å². The number of phenolic OH excluding ortho intramolecular Hbond substituents is 1. The number of nitrogens with zero attached hydrogens (tertiary/aromatic N) is 2. The number of amides is 1. The van der Waals surface area contributed by atoms with Crippen LogP contribution < -0.4 is 14.9 Å². The molecule has 2 aromatic heterocycles. The second-order valence-corrected chi connectivity index (χ2v) is 13.3. The van der Waals surface area contributed by atoms with E-state index in [1.165, 1.54) is 6.07 Å². The largest absolute Gasteiger partial charge is 0.506 e. The van der Waals surface area contributed by atoms with Gasteiger partial charge in [0, 0.05) is 55.8 Å². The zero-order valence-corrected chi connectivity index (χ0v) is 26.8. The number of nitrogens with one attached hydrogen (secondary N) is 2. The highest BCUT2D eigenvalue weighted by Gasteiger charge is 2.41. The Hall–Kier alpha value is -4.20. The van der Waals surface area contributed by atoms with Gasteiger partial charge in [-0.2, -0.15) is 0 Å². The highest BCUT2D eigenvalue weighted by molar-refractivity contribution is 7.16. The molecular formula is C35H38N4O7S. The van der Waals surface area contributed by atoms with Gasteiger partial charge in [-0.15, -0.1) is 0 Å². The van der Waals surface area contributed by atoms with Crippen molar-refractivity contribution < 1.29 is 28.9 Å². The number of likely N-dealkylation sites (tertiary alicyclic amines) is 1. The van der Waals surface area contributed by atoms with Gasteiger partial charge in [0.2, 0.25) is 0 Å². The van der Waals surface area contributed by atoms with E-state index in [4.69, 9.17) is 13.9 Å². The number of thiazole rings is 1. The zero-order chi connectivity index (χ0) is 32.4. The van der Waals surface area contributed by atoms with Crippen LogP contribution in [-0.2, 0) is 11.3 Å². The van der Waals surface area contributed by atoms with Crippen molar-refractivity contribution in [2.45, 2.75) is 31.1 Å². The number of morpholine rings is 1. The number of carbonyl (C=O) groups excluding carboxylic acids is 1. The lowest BCUT2D eigenvalue weighted by molar-refractivity contribution is -0.127. The number of aromatic hydroxyl groups is 1. The van der Waals surface area contributed by atoms with Crippen molar-refractivity contribution in [3.8, 4) is 11.5 Å². The second kappa shape index (κ2) is 13.5. The van der Waals surface area contributed by atoms with Crippen LogP contribution in [0.3, 0.4) is 0 Å². The quantitative estimate of drug-likeness (QED) is 0.173. The molecule has 3 aromatic carbocycles. The highest BCUT2D eigenvalue weighted by Crippen LogP contribution is 2.32. The van der Waals surface area contributed by atoms with Crippen LogP contribution in [0.15, 0.2) is 76.1 Å². The Morgan fingerprint density at radius 1 is 1.09 bits per heavy atom. The molecule has 0 aliphatic carbocycles. The standard InChI is InChI=1S/C35H38N4O7S/c40-28-7-6-27(32-31(28)37-34(43)47-32)29(41)21-36-20-23-1-4-26(5-2-23)44-17-14-38-12-10-35(11-13-38)22-39(15-18-46-35)33(42)25-3-8-30-24(19-25)9-16-45-30/h1-9,16,19,29,36,40-41H,10-15,17-18,20-22H2,(H,37,43)/t29-/m0/s1. The van der Waals surface area contributed by atoms with Gasteiger partial charge in [0.15, 0.2) is 0 Å². The van der Waals surface area contributed by atoms with Crippen molar-refractivity contribution in [1.82, 2.24) is 20.1 Å². The lowest BCUT2D eigenvalue weighted by Crippen LogP contribution is -2.58. The Labute approximate surface area is 275 Å². The van der Waals surface area contributed by atoms with Gasteiger partial charge >= 0.3 is 4.87 Å². The normalized spacial score (nSPS) is 17.4. The highest BCUT2D eigenvalue weighted by atomic mass is 32.1. The van der Waals surface area contributed by atoms with E-state index in [-0.39, 0.29) is 22.1 Å². The van der Waals surface area contributed by atoms with Gasteiger partial charge in [-0.1, -0.05) is 29.5 Å². The molecule has 1 atom stereocenters. The molecule has 2 fully saturated rings. The SMILES string of the molecule is O=C(c1ccc2occc2c1)N1CCOC2(CCN(CCOc3ccc(CNC[C@H](O)c4ccc(O)c5[nH]c(=O)sc45)cc3)CC2)C1. The van der Waals surface area contributed by atoms with Crippen LogP contribution in [0.4, 0.5) is 0 Å². The maximum atomic E-state index is 13.3. The first-order valence-corrected chi connectivity index (χ1v) is 16.8. The smallest absolute Gasteiger partial charge is 0.305 e. The molecular weight excluding hydrogens is 620 g/mol. The Morgan fingerprint density at radius 3 is 2.74 bits per heavy atom. The fourth-order valence-electron chi connectivity index (χ4n) is 6.55. The van der Waals surface area contributed by atoms with E-state index in [9.17, 15) is 19.8 Å². The van der Waals surface area contributed by atoms with Crippen molar-refractivity contribution in [1.29, 1.82) is 0 Å². The maximum Gasteiger partial charge on any atom is 0.305 e. The van der Waals surface area contributed by atoms with Crippen LogP contribution in [0.25, 0.3) is 21.2 Å². The average molecular weight is 659 g/mol. The van der Waals surface area contributed by atoms with Gasteiger partial charge < -0.3 is 39.3 Å². The van der Waals surface area contributed by atoms with Crippen molar-refractivity contribution >= 4 is 38.4 Å². The van der Waals surface area contributed by atoms with E-state index in [0.29, 0.717) is 60.7 Å². The van der Waals surface area contributed by atoms with E-state index >= 15 is 0 Å². The Morgan fingerprint density at radius 2 is 1.91 bits per heavy atom. The number of aliphatic hydroxyl groups is 1. The average Bonchev–Trinajstić information content (AvgIpc) is 3.73. The minimum atomic E-state index is -0.827. The fourth-order valence-corrected chi connectivity index (χ4v) is 7.47. The summed E-state index contributed by atoms with van der Waals surface area (Å²) in [4.78, 5) is 31.7. The molecule has 2 saturated heterocycles. The summed E-state index contributed by atoms with van der Waals surface area (Å²) in [5, 5.41) is 24.9. The van der Waals surface area contributed by atoms with Crippen molar-refractivity contribution in [2.75, 3.05) is 52.5 Å². The number of benzene rings is 3. The van der Waals surface area contributed by atoms with Crippen molar-refractivity contribution in [3.63, 3.8) is 0 Å². The van der Waals surface area contributed by atoms with E-state index in [0.717, 1.165) is 66.1 Å². The molecule has 0 unspecified atom stereocenters. The third-order valence-corrected chi connectivity index (χ3v) is 10.1. The number of aromatic amines is 1. The molecule has 12 heteroatoms. The van der Waals surface area contributed by atoms with E-state index in [1.807, 2.05) is 53.4 Å². The Balaban J connectivity index is 0.832. The number of rotatable bonds is 10. The third kappa shape index (κ3) is 6.92. The first-order chi connectivity index (χ1) is 22.9. The number of piperidine rings is 1. The minimum absolute atomic E-state index is 0.00903. The van der Waals surface area contributed by atoms with Crippen LogP contribution in [0.1, 0.15) is 40.4 Å². The lowest BCUT2D eigenvalue weighted by atomic mass is 9.89. The second-order valence-electron chi connectivity index (χ2n) is 12.3. The maximum absolute atomic E-state index is 13.3. The molecule has 2 aliphatic heterocycles. The number of hydrogen-bond donors (Lipinski definition) is 4. The first-order valence-electron chi connectivity index (χ1n) is 15.9. The molecule has 47 heavy (non-hydrogen) atoms. The number of aliphatic hydroxyl groups excluding tert-OH is 1. The summed E-state index contributed by atoms with van der Waals surface area (Å²) < 4.78 is 18.3. The summed E-state index contributed by atoms with van der Waals surface area (Å²) in [5.74, 6) is 0.832. The number of ether oxygens (including phenoxy) is 2. The number of fused-ring (bicyclic) bond motifs is 2. The molecule has 4 N–H and O–H groups in total. The van der Waals surface area contributed by atoms with Crippen molar-refractivity contribution in [3.05, 3.63) is 93.3 Å². The predicted octanol–water partition coefficient (Wildman–Crippen LogP) is 4.25. The zero-order valence-electron chi connectivity index (χ0n) is 25.9. The fraction of sp³-hybridized carbons (Fsp3) is 0.371. The van der Waals surface area contributed by atoms with Gasteiger partial charge in [0.25, 0.3) is 5.91 Å². The van der Waals surface area contributed by atoms with E-state index < -0.39 is 6.10 Å². The molecule has 246 valence electrons. The number of phenols is 1. The van der Waals surface area contributed by atoms with E-state index in [2.05, 4.69) is 15.2 Å².